The van der Waals surface area contributed by atoms with Crippen molar-refractivity contribution in [1.82, 2.24) is 5.32 Å². The second-order valence-electron chi connectivity index (χ2n) is 8.00. The van der Waals surface area contributed by atoms with E-state index in [0.717, 1.165) is 22.4 Å². The van der Waals surface area contributed by atoms with Crippen molar-refractivity contribution in [3.63, 3.8) is 0 Å². The average Bonchev–Trinajstić information content (AvgIpc) is 3.14. The SMILES string of the molecule is Cc1ccc(C(C)C)cc1OC(C)C(=O)NCCS(=O)(=O)N1CCc2ccccc21. The molecular formula is C23H30N2O4S. The summed E-state index contributed by atoms with van der Waals surface area (Å²) in [5, 5.41) is 2.69. The van der Waals surface area contributed by atoms with E-state index in [9.17, 15) is 13.2 Å². The van der Waals surface area contributed by atoms with Gasteiger partial charge in [0.05, 0.1) is 11.4 Å². The van der Waals surface area contributed by atoms with Crippen molar-refractivity contribution in [1.29, 1.82) is 0 Å². The zero-order valence-corrected chi connectivity index (χ0v) is 18.8. The van der Waals surface area contributed by atoms with Crippen molar-refractivity contribution >= 4 is 21.6 Å². The molecule has 2 aromatic carbocycles. The van der Waals surface area contributed by atoms with E-state index in [2.05, 4.69) is 25.2 Å². The highest BCUT2D eigenvalue weighted by Gasteiger charge is 2.29. The lowest BCUT2D eigenvalue weighted by Gasteiger charge is -2.20. The van der Waals surface area contributed by atoms with E-state index in [0.29, 0.717) is 24.6 Å². The summed E-state index contributed by atoms with van der Waals surface area (Å²) in [6, 6.07) is 13.5. The number of anilines is 1. The van der Waals surface area contributed by atoms with Crippen LogP contribution < -0.4 is 14.4 Å². The van der Waals surface area contributed by atoms with Crippen LogP contribution in [0.4, 0.5) is 5.69 Å². The maximum absolute atomic E-state index is 12.7. The van der Waals surface area contributed by atoms with Crippen LogP contribution in [0, 0.1) is 6.92 Å². The number of hydrogen-bond acceptors (Lipinski definition) is 4. The van der Waals surface area contributed by atoms with Gasteiger partial charge in [0.1, 0.15) is 5.75 Å². The minimum atomic E-state index is -3.50. The van der Waals surface area contributed by atoms with E-state index in [-0.39, 0.29) is 18.2 Å². The van der Waals surface area contributed by atoms with Gasteiger partial charge in [-0.15, -0.1) is 0 Å². The number of sulfonamides is 1. The summed E-state index contributed by atoms with van der Waals surface area (Å²) in [4.78, 5) is 12.4. The molecule has 0 aliphatic carbocycles. The van der Waals surface area contributed by atoms with Crippen molar-refractivity contribution < 1.29 is 17.9 Å². The Hall–Kier alpha value is -2.54. The van der Waals surface area contributed by atoms with Crippen LogP contribution in [0.1, 0.15) is 43.4 Å². The maximum atomic E-state index is 12.7. The van der Waals surface area contributed by atoms with Crippen LogP contribution in [0.3, 0.4) is 0 Å². The zero-order chi connectivity index (χ0) is 21.9. The van der Waals surface area contributed by atoms with Crippen molar-refractivity contribution in [2.24, 2.45) is 0 Å². The number of para-hydroxylation sites is 1. The molecule has 30 heavy (non-hydrogen) atoms. The minimum Gasteiger partial charge on any atom is -0.481 e. The summed E-state index contributed by atoms with van der Waals surface area (Å²) in [5.41, 5.74) is 3.86. The van der Waals surface area contributed by atoms with E-state index in [1.807, 2.05) is 43.3 Å². The number of ether oxygens (including phenoxy) is 1. The molecule has 0 spiro atoms. The third-order valence-electron chi connectivity index (χ3n) is 5.39. The van der Waals surface area contributed by atoms with Gasteiger partial charge < -0.3 is 10.1 Å². The van der Waals surface area contributed by atoms with Gasteiger partial charge in [-0.05, 0) is 55.0 Å². The number of carbonyl (C=O) groups is 1. The molecule has 7 heteroatoms. The molecule has 0 bridgehead atoms. The average molecular weight is 431 g/mol. The number of carbonyl (C=O) groups excluding carboxylic acids is 1. The van der Waals surface area contributed by atoms with Crippen LogP contribution in [0.25, 0.3) is 0 Å². The predicted molar refractivity (Wildman–Crippen MR) is 120 cm³/mol. The van der Waals surface area contributed by atoms with Crippen molar-refractivity contribution in [3.05, 3.63) is 59.2 Å². The molecule has 1 unspecified atom stereocenters. The fourth-order valence-corrected chi connectivity index (χ4v) is 4.93. The number of nitrogens with one attached hydrogen (secondary N) is 1. The normalized spacial score (nSPS) is 14.5. The van der Waals surface area contributed by atoms with Crippen LogP contribution in [-0.2, 0) is 21.2 Å². The van der Waals surface area contributed by atoms with Gasteiger partial charge in [-0.25, -0.2) is 8.42 Å². The molecule has 162 valence electrons. The molecule has 0 radical (unpaired) electrons. The number of nitrogens with zero attached hydrogens (tertiary/aromatic N) is 1. The molecule has 0 saturated heterocycles. The highest BCUT2D eigenvalue weighted by molar-refractivity contribution is 7.92. The van der Waals surface area contributed by atoms with E-state index in [1.165, 1.54) is 4.31 Å². The maximum Gasteiger partial charge on any atom is 0.260 e. The third kappa shape index (κ3) is 4.95. The Morgan fingerprint density at radius 3 is 2.63 bits per heavy atom. The van der Waals surface area contributed by atoms with Crippen molar-refractivity contribution in [2.75, 3.05) is 23.1 Å². The first kappa shape index (κ1) is 22.2. The number of fused-ring (bicyclic) bond motifs is 1. The van der Waals surface area contributed by atoms with Crippen LogP contribution in [0.2, 0.25) is 0 Å². The van der Waals surface area contributed by atoms with Gasteiger partial charge in [0.15, 0.2) is 6.10 Å². The lowest BCUT2D eigenvalue weighted by atomic mass is 10.0. The Bertz CT molecular complexity index is 1020. The molecule has 0 fully saturated rings. The number of hydrogen-bond donors (Lipinski definition) is 1. The van der Waals surface area contributed by atoms with Crippen LogP contribution in [0.5, 0.6) is 5.75 Å². The molecule has 0 saturated carbocycles. The zero-order valence-electron chi connectivity index (χ0n) is 18.0. The van der Waals surface area contributed by atoms with Gasteiger partial charge in [-0.3, -0.25) is 9.10 Å². The Morgan fingerprint density at radius 1 is 1.17 bits per heavy atom. The van der Waals surface area contributed by atoms with Crippen molar-refractivity contribution in [3.8, 4) is 5.75 Å². The molecule has 6 nitrogen and oxygen atoms in total. The molecule has 1 atom stereocenters. The van der Waals surface area contributed by atoms with E-state index in [1.54, 1.807) is 6.92 Å². The van der Waals surface area contributed by atoms with E-state index >= 15 is 0 Å². The Labute approximate surface area is 179 Å². The Morgan fingerprint density at radius 2 is 1.90 bits per heavy atom. The van der Waals surface area contributed by atoms with Crippen LogP contribution in [0.15, 0.2) is 42.5 Å². The molecule has 3 rings (SSSR count). The highest BCUT2D eigenvalue weighted by Crippen LogP contribution is 2.30. The monoisotopic (exact) mass is 430 g/mol. The van der Waals surface area contributed by atoms with Gasteiger partial charge >= 0.3 is 0 Å². The predicted octanol–water partition coefficient (Wildman–Crippen LogP) is 3.39. The molecule has 1 heterocycles. The molecule has 1 N–H and O–H groups in total. The molecule has 0 aromatic heterocycles. The number of amides is 1. The topological polar surface area (TPSA) is 75.7 Å². The van der Waals surface area contributed by atoms with E-state index < -0.39 is 16.1 Å². The second kappa shape index (κ2) is 9.08. The van der Waals surface area contributed by atoms with Crippen LogP contribution >= 0.6 is 0 Å². The summed E-state index contributed by atoms with van der Waals surface area (Å²) in [5.74, 6) is 0.547. The third-order valence-corrected chi connectivity index (χ3v) is 7.16. The number of benzene rings is 2. The fourth-order valence-electron chi connectivity index (χ4n) is 3.50. The first-order chi connectivity index (χ1) is 14.2. The number of rotatable bonds is 8. The number of aryl methyl sites for hydroxylation is 1. The molecular weight excluding hydrogens is 400 g/mol. The van der Waals surface area contributed by atoms with Gasteiger partial charge in [-0.1, -0.05) is 44.2 Å². The Kier molecular flexibility index (Phi) is 6.71. The summed E-state index contributed by atoms with van der Waals surface area (Å²) < 4.78 is 32.7. The molecule has 2 aromatic rings. The van der Waals surface area contributed by atoms with Gasteiger partial charge in [0.2, 0.25) is 10.0 Å². The first-order valence-corrected chi connectivity index (χ1v) is 11.9. The Balaban J connectivity index is 1.55. The van der Waals surface area contributed by atoms with Gasteiger partial charge in [0, 0.05) is 13.1 Å². The summed E-state index contributed by atoms with van der Waals surface area (Å²) in [6.45, 7) is 8.29. The molecule has 1 amide bonds. The van der Waals surface area contributed by atoms with Crippen molar-refractivity contribution in [2.45, 2.75) is 46.1 Å². The standard InChI is InChI=1S/C23H30N2O4S/c1-16(2)20-10-9-17(3)22(15-20)29-18(4)23(26)24-12-14-30(27,28)25-13-11-19-7-5-6-8-21(19)25/h5-10,15-16,18H,11-14H2,1-4H3,(H,24,26). The van der Waals surface area contributed by atoms with Gasteiger partial charge in [-0.2, -0.15) is 0 Å². The first-order valence-electron chi connectivity index (χ1n) is 10.3. The van der Waals surface area contributed by atoms with Crippen LogP contribution in [-0.4, -0.2) is 39.3 Å². The lowest BCUT2D eigenvalue weighted by Crippen LogP contribution is -2.41. The summed E-state index contributed by atoms with van der Waals surface area (Å²) in [6.07, 6.45) is -0.0112. The lowest BCUT2D eigenvalue weighted by molar-refractivity contribution is -0.127. The molecule has 1 aliphatic heterocycles. The summed E-state index contributed by atoms with van der Waals surface area (Å²) >= 11 is 0. The highest BCUT2D eigenvalue weighted by atomic mass is 32.2. The van der Waals surface area contributed by atoms with Gasteiger partial charge in [0.25, 0.3) is 5.91 Å². The molecule has 1 aliphatic rings. The second-order valence-corrected chi connectivity index (χ2v) is 10.0. The quantitative estimate of drug-likeness (QED) is 0.697. The smallest absolute Gasteiger partial charge is 0.260 e. The van der Waals surface area contributed by atoms with E-state index in [4.69, 9.17) is 4.74 Å². The largest absolute Gasteiger partial charge is 0.481 e. The minimum absolute atomic E-state index is 0.0402. The fraction of sp³-hybridized carbons (Fsp3) is 0.435. The summed E-state index contributed by atoms with van der Waals surface area (Å²) in [7, 11) is -3.50.